The number of amides is 1. The second kappa shape index (κ2) is 8.20. The quantitative estimate of drug-likeness (QED) is 0.550. The van der Waals surface area contributed by atoms with Gasteiger partial charge in [-0.25, -0.2) is 4.98 Å². The fourth-order valence-electron chi connectivity index (χ4n) is 3.20. The number of aryl methyl sites for hydroxylation is 1. The molecule has 0 bridgehead atoms. The fourth-order valence-corrected chi connectivity index (χ4v) is 3.20. The maximum Gasteiger partial charge on any atom is 0.433 e. The molecule has 32 heavy (non-hydrogen) atoms. The number of hydrogen-bond acceptors (Lipinski definition) is 4. The van der Waals surface area contributed by atoms with Crippen molar-refractivity contribution in [3.05, 3.63) is 53.5 Å². The summed E-state index contributed by atoms with van der Waals surface area (Å²) < 4.78 is 40.7. The molecule has 3 rings (SSSR count). The molecule has 6 nitrogen and oxygen atoms in total. The first-order chi connectivity index (χ1) is 14.6. The van der Waals surface area contributed by atoms with E-state index in [4.69, 9.17) is 0 Å². The molecule has 0 spiro atoms. The Morgan fingerprint density at radius 1 is 1.12 bits per heavy atom. The number of rotatable bonds is 5. The van der Waals surface area contributed by atoms with E-state index in [1.54, 1.807) is 26.0 Å². The van der Waals surface area contributed by atoms with Gasteiger partial charge in [-0.05, 0) is 49.9 Å². The third kappa shape index (κ3) is 5.64. The normalized spacial score (nSPS) is 12.9. The summed E-state index contributed by atoms with van der Waals surface area (Å²) in [6, 6.07) is 6.48. The predicted octanol–water partition coefficient (Wildman–Crippen LogP) is 5.37. The highest BCUT2D eigenvalue weighted by Gasteiger charge is 2.33. The van der Waals surface area contributed by atoms with Gasteiger partial charge in [-0.2, -0.15) is 18.3 Å². The van der Waals surface area contributed by atoms with Crippen LogP contribution in [-0.2, 0) is 18.3 Å². The molecule has 0 aliphatic heterocycles. The van der Waals surface area contributed by atoms with E-state index in [0.29, 0.717) is 17.6 Å². The van der Waals surface area contributed by atoms with Crippen LogP contribution in [-0.4, -0.2) is 25.8 Å². The first-order valence-corrected chi connectivity index (χ1v) is 10.2. The van der Waals surface area contributed by atoms with Gasteiger partial charge in [0, 0.05) is 29.4 Å². The van der Waals surface area contributed by atoms with Gasteiger partial charge < -0.3 is 10.4 Å². The minimum absolute atomic E-state index is 0.132. The number of benzene rings is 1. The molecule has 0 saturated carbocycles. The van der Waals surface area contributed by atoms with Crippen LogP contribution >= 0.6 is 0 Å². The largest absolute Gasteiger partial charge is 0.433 e. The summed E-state index contributed by atoms with van der Waals surface area (Å²) in [5, 5.41) is 18.5. The van der Waals surface area contributed by atoms with Crippen LogP contribution in [0.5, 0.6) is 0 Å². The minimum atomic E-state index is -4.66. The Morgan fingerprint density at radius 2 is 1.81 bits per heavy atom. The van der Waals surface area contributed by atoms with Crippen LogP contribution in [0.4, 0.5) is 18.9 Å². The lowest BCUT2D eigenvalue weighted by Crippen LogP contribution is -2.22. The number of fused-ring (bicyclic) bond motifs is 1. The van der Waals surface area contributed by atoms with Gasteiger partial charge in [0.2, 0.25) is 0 Å². The number of aromatic nitrogens is 3. The standard InChI is InChI=1S/C23H27F3N4O2/c1-21(2,3)9-10-30-13-14-11-18(15(22(4,5)32)12-17(14)29-30)28-20(31)16-7-6-8-19(27-16)23(24,25)26/h6-8,11-13,32H,9-10H2,1-5H3,(H,28,31). The number of pyridine rings is 1. The molecule has 3 aromatic rings. The van der Waals surface area contributed by atoms with E-state index in [0.717, 1.165) is 23.9 Å². The lowest BCUT2D eigenvalue weighted by Gasteiger charge is -2.22. The monoisotopic (exact) mass is 448 g/mol. The highest BCUT2D eigenvalue weighted by atomic mass is 19.4. The molecule has 0 aliphatic carbocycles. The third-order valence-corrected chi connectivity index (χ3v) is 4.96. The van der Waals surface area contributed by atoms with Crippen molar-refractivity contribution in [1.29, 1.82) is 0 Å². The van der Waals surface area contributed by atoms with Crippen molar-refractivity contribution in [2.75, 3.05) is 5.32 Å². The smallest absolute Gasteiger partial charge is 0.386 e. The first-order valence-electron chi connectivity index (χ1n) is 10.2. The lowest BCUT2D eigenvalue weighted by atomic mass is 9.92. The number of anilines is 1. The summed E-state index contributed by atoms with van der Waals surface area (Å²) in [7, 11) is 0. The Kier molecular flexibility index (Phi) is 6.08. The second-order valence-electron chi connectivity index (χ2n) is 9.58. The Labute approximate surface area is 184 Å². The summed E-state index contributed by atoms with van der Waals surface area (Å²) in [4.78, 5) is 16.1. The van der Waals surface area contributed by atoms with E-state index in [2.05, 4.69) is 36.2 Å². The first kappa shape index (κ1) is 23.7. The number of aliphatic hydroxyl groups is 1. The summed E-state index contributed by atoms with van der Waals surface area (Å²) in [6.07, 6.45) is -1.91. The van der Waals surface area contributed by atoms with Gasteiger partial charge in [-0.15, -0.1) is 0 Å². The molecule has 0 unspecified atom stereocenters. The summed E-state index contributed by atoms with van der Waals surface area (Å²) in [5.41, 5.74) is -1.39. The topological polar surface area (TPSA) is 80.0 Å². The number of carbonyl (C=O) groups excluding carboxylic acids is 1. The van der Waals surface area contributed by atoms with Gasteiger partial charge in [0.25, 0.3) is 5.91 Å². The van der Waals surface area contributed by atoms with Crippen LogP contribution in [0.2, 0.25) is 0 Å². The van der Waals surface area contributed by atoms with Crippen molar-refractivity contribution in [2.24, 2.45) is 5.41 Å². The highest BCUT2D eigenvalue weighted by molar-refractivity contribution is 6.04. The molecule has 0 saturated heterocycles. The van der Waals surface area contributed by atoms with Crippen LogP contribution in [0.15, 0.2) is 36.5 Å². The number of carbonyl (C=O) groups is 1. The van der Waals surface area contributed by atoms with Crippen LogP contribution < -0.4 is 5.32 Å². The molecule has 2 heterocycles. The summed E-state index contributed by atoms with van der Waals surface area (Å²) >= 11 is 0. The molecular weight excluding hydrogens is 421 g/mol. The van der Waals surface area contributed by atoms with Crippen LogP contribution in [0.25, 0.3) is 10.9 Å². The predicted molar refractivity (Wildman–Crippen MR) is 116 cm³/mol. The van der Waals surface area contributed by atoms with Crippen molar-refractivity contribution in [3.63, 3.8) is 0 Å². The van der Waals surface area contributed by atoms with Crippen molar-refractivity contribution in [1.82, 2.24) is 14.8 Å². The zero-order valence-corrected chi connectivity index (χ0v) is 18.7. The SMILES string of the molecule is CC(C)(C)CCn1cc2cc(NC(=O)c3cccc(C(F)(F)F)n3)c(C(C)(C)O)cc2n1. The zero-order chi connectivity index (χ0) is 23.9. The molecule has 0 aliphatic rings. The molecule has 1 amide bonds. The average Bonchev–Trinajstić information content (AvgIpc) is 3.06. The number of halogens is 3. The molecule has 0 fully saturated rings. The van der Waals surface area contributed by atoms with Crippen LogP contribution in [0.3, 0.4) is 0 Å². The molecule has 1 aromatic carbocycles. The van der Waals surface area contributed by atoms with Gasteiger partial charge in [0.05, 0.1) is 11.1 Å². The van der Waals surface area contributed by atoms with Crippen molar-refractivity contribution in [2.45, 2.75) is 59.4 Å². The van der Waals surface area contributed by atoms with Gasteiger partial charge in [-0.1, -0.05) is 26.8 Å². The number of alkyl halides is 3. The van der Waals surface area contributed by atoms with Gasteiger partial charge in [-0.3, -0.25) is 9.48 Å². The summed E-state index contributed by atoms with van der Waals surface area (Å²) in [6.45, 7) is 10.2. The Hall–Kier alpha value is -2.94. The zero-order valence-electron chi connectivity index (χ0n) is 18.7. The third-order valence-electron chi connectivity index (χ3n) is 4.96. The molecule has 172 valence electrons. The van der Waals surface area contributed by atoms with Crippen LogP contribution in [0.1, 0.15) is 62.8 Å². The number of nitrogens with one attached hydrogen (secondary N) is 1. The van der Waals surface area contributed by atoms with Gasteiger partial charge in [0.1, 0.15) is 11.4 Å². The number of nitrogens with zero attached hydrogens (tertiary/aromatic N) is 3. The van der Waals surface area contributed by atoms with E-state index in [1.807, 2.05) is 10.9 Å². The molecule has 2 N–H and O–H groups in total. The van der Waals surface area contributed by atoms with Gasteiger partial charge in [0.15, 0.2) is 0 Å². The Balaban J connectivity index is 1.96. The van der Waals surface area contributed by atoms with Crippen molar-refractivity contribution in [3.8, 4) is 0 Å². The molecule has 2 aromatic heterocycles. The van der Waals surface area contributed by atoms with Crippen molar-refractivity contribution >= 4 is 22.5 Å². The van der Waals surface area contributed by atoms with E-state index < -0.39 is 23.4 Å². The van der Waals surface area contributed by atoms with Gasteiger partial charge >= 0.3 is 6.18 Å². The second-order valence-corrected chi connectivity index (χ2v) is 9.58. The maximum atomic E-state index is 13.0. The van der Waals surface area contributed by atoms with Crippen molar-refractivity contribution < 1.29 is 23.1 Å². The fraction of sp³-hybridized carbons (Fsp3) is 0.435. The highest BCUT2D eigenvalue weighted by Crippen LogP contribution is 2.33. The van der Waals surface area contributed by atoms with E-state index >= 15 is 0 Å². The number of hydrogen-bond donors (Lipinski definition) is 2. The van der Waals surface area contributed by atoms with E-state index in [9.17, 15) is 23.1 Å². The maximum absolute atomic E-state index is 13.0. The molecular formula is C23H27F3N4O2. The van der Waals surface area contributed by atoms with E-state index in [-0.39, 0.29) is 16.8 Å². The Bertz CT molecular complexity index is 1140. The lowest BCUT2D eigenvalue weighted by molar-refractivity contribution is -0.141. The Morgan fingerprint density at radius 3 is 2.41 bits per heavy atom. The van der Waals surface area contributed by atoms with E-state index in [1.165, 1.54) is 6.07 Å². The average molecular weight is 448 g/mol. The molecule has 0 atom stereocenters. The molecule has 0 radical (unpaired) electrons. The minimum Gasteiger partial charge on any atom is -0.386 e. The molecule has 9 heteroatoms. The van der Waals surface area contributed by atoms with Crippen LogP contribution in [0, 0.1) is 5.41 Å². The summed E-state index contributed by atoms with van der Waals surface area (Å²) in [5.74, 6) is -0.805.